The van der Waals surface area contributed by atoms with Gasteiger partial charge in [-0.3, -0.25) is 0 Å². The zero-order valence-electron chi connectivity index (χ0n) is 9.33. The van der Waals surface area contributed by atoms with Gasteiger partial charge in [-0.05, 0) is 58.5 Å². The number of rotatable bonds is 3. The molecule has 0 bridgehead atoms. The summed E-state index contributed by atoms with van der Waals surface area (Å²) in [5.41, 5.74) is 2.60. The Morgan fingerprint density at radius 2 is 2.12 bits per heavy atom. The maximum Gasteiger partial charge on any atom is 0.0484 e. The van der Waals surface area contributed by atoms with E-state index in [2.05, 4.69) is 63.9 Å². The van der Waals surface area contributed by atoms with Crippen LogP contribution in [0.1, 0.15) is 18.5 Å². The average molecular weight is 296 g/mol. The Kier molecular flexibility index (Phi) is 3.79. The molecule has 16 heavy (non-hydrogen) atoms. The van der Waals surface area contributed by atoms with Crippen molar-refractivity contribution in [3.05, 3.63) is 45.7 Å². The monoisotopic (exact) mass is 295 g/mol. The summed E-state index contributed by atoms with van der Waals surface area (Å²) in [5.74, 6) is 0. The molecule has 0 saturated carbocycles. The molecule has 0 saturated heterocycles. The van der Waals surface area contributed by atoms with Crippen LogP contribution in [0.25, 0.3) is 10.4 Å². The first kappa shape index (κ1) is 11.8. The number of benzene rings is 1. The van der Waals surface area contributed by atoms with Crippen molar-refractivity contribution in [2.75, 3.05) is 7.05 Å². The van der Waals surface area contributed by atoms with Crippen LogP contribution < -0.4 is 5.32 Å². The van der Waals surface area contributed by atoms with E-state index in [1.807, 2.05) is 7.05 Å². The molecule has 3 heteroatoms. The molecule has 0 amide bonds. The van der Waals surface area contributed by atoms with Crippen LogP contribution in [0.15, 0.2) is 40.2 Å². The summed E-state index contributed by atoms with van der Waals surface area (Å²) in [6.07, 6.45) is 0. The standard InChI is InChI=1S/C13H14BrNS/c1-9(15-2)10-4-3-5-11(8-10)13-12(14)6-7-16-13/h3-9,15H,1-2H3. The van der Waals surface area contributed by atoms with E-state index in [-0.39, 0.29) is 0 Å². The minimum Gasteiger partial charge on any atom is -0.313 e. The number of hydrogen-bond acceptors (Lipinski definition) is 2. The van der Waals surface area contributed by atoms with Crippen LogP contribution >= 0.6 is 27.3 Å². The summed E-state index contributed by atoms with van der Waals surface area (Å²) in [5, 5.41) is 5.36. The van der Waals surface area contributed by atoms with Gasteiger partial charge in [0.2, 0.25) is 0 Å². The normalized spacial score (nSPS) is 12.7. The Balaban J connectivity index is 2.40. The van der Waals surface area contributed by atoms with Crippen LogP contribution in [-0.4, -0.2) is 7.05 Å². The first-order valence-corrected chi connectivity index (χ1v) is 6.90. The summed E-state index contributed by atoms with van der Waals surface area (Å²) >= 11 is 5.34. The Bertz CT molecular complexity index is 478. The fourth-order valence-corrected chi connectivity index (χ4v) is 3.22. The van der Waals surface area contributed by atoms with Gasteiger partial charge < -0.3 is 5.32 Å². The van der Waals surface area contributed by atoms with Gasteiger partial charge in [0.05, 0.1) is 0 Å². The molecule has 0 radical (unpaired) electrons. The minimum atomic E-state index is 0.388. The van der Waals surface area contributed by atoms with Crippen LogP contribution in [0.5, 0.6) is 0 Å². The van der Waals surface area contributed by atoms with E-state index in [9.17, 15) is 0 Å². The van der Waals surface area contributed by atoms with Gasteiger partial charge in [-0.25, -0.2) is 0 Å². The predicted molar refractivity (Wildman–Crippen MR) is 74.9 cm³/mol. The van der Waals surface area contributed by atoms with Gasteiger partial charge in [0, 0.05) is 15.4 Å². The highest BCUT2D eigenvalue weighted by molar-refractivity contribution is 9.10. The molecular weight excluding hydrogens is 282 g/mol. The molecule has 1 aromatic carbocycles. The minimum absolute atomic E-state index is 0.388. The van der Waals surface area contributed by atoms with Gasteiger partial charge in [-0.2, -0.15) is 0 Å². The molecule has 1 nitrogen and oxygen atoms in total. The number of halogens is 1. The van der Waals surface area contributed by atoms with Gasteiger partial charge in [0.1, 0.15) is 0 Å². The Morgan fingerprint density at radius 1 is 1.31 bits per heavy atom. The molecule has 2 rings (SSSR count). The third-order valence-electron chi connectivity index (χ3n) is 2.70. The van der Waals surface area contributed by atoms with Crippen LogP contribution in [0, 0.1) is 0 Å². The zero-order chi connectivity index (χ0) is 11.5. The molecule has 0 aliphatic rings. The molecule has 0 aliphatic carbocycles. The molecule has 1 unspecified atom stereocenters. The number of thiophene rings is 1. The molecule has 84 valence electrons. The average Bonchev–Trinajstić information content (AvgIpc) is 2.74. The van der Waals surface area contributed by atoms with Gasteiger partial charge in [0.25, 0.3) is 0 Å². The SMILES string of the molecule is CNC(C)c1cccc(-c2sccc2Br)c1. The van der Waals surface area contributed by atoms with E-state index in [4.69, 9.17) is 0 Å². The van der Waals surface area contributed by atoms with Crippen molar-refractivity contribution < 1.29 is 0 Å². The largest absolute Gasteiger partial charge is 0.313 e. The van der Waals surface area contributed by atoms with Gasteiger partial charge in [-0.15, -0.1) is 11.3 Å². The lowest BCUT2D eigenvalue weighted by atomic mass is 10.0. The fourth-order valence-electron chi connectivity index (χ4n) is 1.62. The second kappa shape index (κ2) is 5.13. The zero-order valence-corrected chi connectivity index (χ0v) is 11.7. The highest BCUT2D eigenvalue weighted by atomic mass is 79.9. The lowest BCUT2D eigenvalue weighted by molar-refractivity contribution is 0.652. The number of nitrogens with one attached hydrogen (secondary N) is 1. The first-order chi connectivity index (χ1) is 7.72. The molecule has 1 atom stereocenters. The maximum atomic E-state index is 3.58. The summed E-state index contributed by atoms with van der Waals surface area (Å²) in [6.45, 7) is 2.17. The lowest BCUT2D eigenvalue weighted by Crippen LogP contribution is -2.11. The molecule has 0 spiro atoms. The van der Waals surface area contributed by atoms with Crippen molar-refractivity contribution in [3.63, 3.8) is 0 Å². The fraction of sp³-hybridized carbons (Fsp3) is 0.231. The van der Waals surface area contributed by atoms with E-state index in [0.29, 0.717) is 6.04 Å². The quantitative estimate of drug-likeness (QED) is 0.882. The second-order valence-corrected chi connectivity index (χ2v) is 5.50. The van der Waals surface area contributed by atoms with Crippen molar-refractivity contribution in [1.82, 2.24) is 5.32 Å². The van der Waals surface area contributed by atoms with E-state index in [1.165, 1.54) is 20.5 Å². The van der Waals surface area contributed by atoms with Crippen LogP contribution in [0.2, 0.25) is 0 Å². The van der Waals surface area contributed by atoms with E-state index in [1.54, 1.807) is 11.3 Å². The van der Waals surface area contributed by atoms with Gasteiger partial charge in [0.15, 0.2) is 0 Å². The predicted octanol–water partition coefficient (Wildman–Crippen LogP) is 4.46. The summed E-state index contributed by atoms with van der Waals surface area (Å²) in [7, 11) is 1.98. The van der Waals surface area contributed by atoms with Gasteiger partial charge >= 0.3 is 0 Å². The van der Waals surface area contributed by atoms with Crippen molar-refractivity contribution in [2.24, 2.45) is 0 Å². The lowest BCUT2D eigenvalue weighted by Gasteiger charge is -2.11. The Labute approximate surface area is 109 Å². The third-order valence-corrected chi connectivity index (χ3v) is 4.59. The molecular formula is C13H14BrNS. The molecule has 2 aromatic rings. The van der Waals surface area contributed by atoms with Crippen LogP contribution in [0.4, 0.5) is 0 Å². The smallest absolute Gasteiger partial charge is 0.0484 e. The van der Waals surface area contributed by atoms with E-state index < -0.39 is 0 Å². The Morgan fingerprint density at radius 3 is 2.75 bits per heavy atom. The topological polar surface area (TPSA) is 12.0 Å². The van der Waals surface area contributed by atoms with Gasteiger partial charge in [-0.1, -0.05) is 18.2 Å². The summed E-state index contributed by atoms with van der Waals surface area (Å²) < 4.78 is 1.17. The molecule has 1 aromatic heterocycles. The summed E-state index contributed by atoms with van der Waals surface area (Å²) in [6, 6.07) is 11.2. The molecule has 1 heterocycles. The number of hydrogen-bond donors (Lipinski definition) is 1. The van der Waals surface area contributed by atoms with Crippen LogP contribution in [-0.2, 0) is 0 Å². The van der Waals surface area contributed by atoms with Crippen molar-refractivity contribution in [3.8, 4) is 10.4 Å². The highest BCUT2D eigenvalue weighted by Crippen LogP contribution is 2.34. The highest BCUT2D eigenvalue weighted by Gasteiger charge is 2.07. The van der Waals surface area contributed by atoms with Crippen molar-refractivity contribution in [2.45, 2.75) is 13.0 Å². The summed E-state index contributed by atoms with van der Waals surface area (Å²) in [4.78, 5) is 1.30. The van der Waals surface area contributed by atoms with E-state index >= 15 is 0 Å². The molecule has 1 N–H and O–H groups in total. The van der Waals surface area contributed by atoms with Crippen molar-refractivity contribution >= 4 is 27.3 Å². The van der Waals surface area contributed by atoms with E-state index in [0.717, 1.165) is 0 Å². The second-order valence-electron chi connectivity index (χ2n) is 3.73. The molecule has 0 fully saturated rings. The Hall–Kier alpha value is -0.640. The maximum absolute atomic E-state index is 3.58. The molecule has 0 aliphatic heterocycles. The first-order valence-electron chi connectivity index (χ1n) is 5.23. The third kappa shape index (κ3) is 2.37. The van der Waals surface area contributed by atoms with Crippen LogP contribution in [0.3, 0.4) is 0 Å². The van der Waals surface area contributed by atoms with Crippen molar-refractivity contribution in [1.29, 1.82) is 0 Å².